The Labute approximate surface area is 191 Å². The van der Waals surface area contributed by atoms with Crippen LogP contribution in [-0.4, -0.2) is 72.7 Å². The summed E-state index contributed by atoms with van der Waals surface area (Å²) in [6, 6.07) is 10.6. The van der Waals surface area contributed by atoms with E-state index in [2.05, 4.69) is 9.88 Å². The van der Waals surface area contributed by atoms with Gasteiger partial charge in [-0.1, -0.05) is 25.3 Å². The minimum absolute atomic E-state index is 0.0431. The first kappa shape index (κ1) is 22.9. The van der Waals surface area contributed by atoms with Crippen molar-refractivity contribution in [1.29, 1.82) is 0 Å². The quantitative estimate of drug-likeness (QED) is 0.668. The lowest BCUT2D eigenvalue weighted by Gasteiger charge is -2.35. The Morgan fingerprint density at radius 1 is 1.03 bits per heavy atom. The first-order valence-electron chi connectivity index (χ1n) is 11.4. The summed E-state index contributed by atoms with van der Waals surface area (Å²) >= 11 is 0. The lowest BCUT2D eigenvalue weighted by Crippen LogP contribution is -2.48. The zero-order chi connectivity index (χ0) is 22.6. The fourth-order valence-corrected chi connectivity index (χ4v) is 6.10. The molecule has 2 aromatic rings. The van der Waals surface area contributed by atoms with Crippen LogP contribution in [0.1, 0.15) is 48.0 Å². The van der Waals surface area contributed by atoms with Crippen molar-refractivity contribution in [2.24, 2.45) is 0 Å². The smallest absolute Gasteiger partial charge is 0.253 e. The number of hydrogen-bond donors (Lipinski definition) is 0. The molecule has 1 aromatic heterocycles. The van der Waals surface area contributed by atoms with Crippen LogP contribution in [0.15, 0.2) is 53.7 Å². The summed E-state index contributed by atoms with van der Waals surface area (Å²) in [6.07, 6.45) is 8.69. The van der Waals surface area contributed by atoms with Crippen LogP contribution in [0.3, 0.4) is 0 Å². The third kappa shape index (κ3) is 5.19. The molecule has 0 N–H and O–H groups in total. The van der Waals surface area contributed by atoms with Crippen molar-refractivity contribution < 1.29 is 13.2 Å². The normalized spacial score (nSPS) is 18.8. The number of benzene rings is 1. The van der Waals surface area contributed by atoms with E-state index in [0.717, 1.165) is 45.3 Å². The van der Waals surface area contributed by atoms with Crippen LogP contribution in [0.4, 0.5) is 0 Å². The SMILES string of the molecule is CN(C1CCCCC1)S(=O)(=O)c1cccc(C(=O)N2CCN(Cc3ccncc3)CC2)c1. The molecule has 0 radical (unpaired) electrons. The molecule has 1 amide bonds. The highest BCUT2D eigenvalue weighted by atomic mass is 32.2. The summed E-state index contributed by atoms with van der Waals surface area (Å²) in [6.45, 7) is 3.67. The number of nitrogens with zero attached hydrogens (tertiary/aromatic N) is 4. The Balaban J connectivity index is 1.40. The predicted molar refractivity (Wildman–Crippen MR) is 124 cm³/mol. The van der Waals surface area contributed by atoms with Gasteiger partial charge in [0.2, 0.25) is 10.0 Å². The molecule has 7 nitrogen and oxygen atoms in total. The van der Waals surface area contributed by atoms with Crippen molar-refractivity contribution in [1.82, 2.24) is 19.1 Å². The number of sulfonamides is 1. The fraction of sp³-hybridized carbons (Fsp3) is 0.500. The van der Waals surface area contributed by atoms with Gasteiger partial charge in [-0.2, -0.15) is 4.31 Å². The second kappa shape index (κ2) is 10.1. The maximum absolute atomic E-state index is 13.2. The van der Waals surface area contributed by atoms with Crippen molar-refractivity contribution >= 4 is 15.9 Å². The molecular weight excluding hydrogens is 424 g/mol. The number of hydrogen-bond acceptors (Lipinski definition) is 5. The monoisotopic (exact) mass is 456 g/mol. The highest BCUT2D eigenvalue weighted by Gasteiger charge is 2.30. The number of carbonyl (C=O) groups is 1. The second-order valence-electron chi connectivity index (χ2n) is 8.76. The van der Waals surface area contributed by atoms with E-state index in [1.165, 1.54) is 16.3 Å². The third-order valence-corrected chi connectivity index (χ3v) is 8.57. The predicted octanol–water partition coefficient (Wildman–Crippen LogP) is 2.99. The lowest BCUT2D eigenvalue weighted by molar-refractivity contribution is 0.0628. The second-order valence-corrected chi connectivity index (χ2v) is 10.8. The molecule has 0 atom stereocenters. The van der Waals surface area contributed by atoms with Crippen LogP contribution < -0.4 is 0 Å². The fourth-order valence-electron chi connectivity index (χ4n) is 4.63. The number of carbonyl (C=O) groups excluding carboxylic acids is 1. The third-order valence-electron chi connectivity index (χ3n) is 6.66. The molecule has 1 aliphatic carbocycles. The van der Waals surface area contributed by atoms with Gasteiger partial charge in [0, 0.05) is 63.8 Å². The average Bonchev–Trinajstić information content (AvgIpc) is 2.85. The van der Waals surface area contributed by atoms with Crippen molar-refractivity contribution in [3.63, 3.8) is 0 Å². The number of pyridine rings is 1. The van der Waals surface area contributed by atoms with E-state index < -0.39 is 10.0 Å². The maximum atomic E-state index is 13.2. The Kier molecular flexibility index (Phi) is 7.23. The van der Waals surface area contributed by atoms with Crippen LogP contribution in [0.5, 0.6) is 0 Å². The lowest BCUT2D eigenvalue weighted by atomic mass is 9.96. The molecule has 1 saturated heterocycles. The number of amides is 1. The van der Waals surface area contributed by atoms with Gasteiger partial charge in [-0.3, -0.25) is 14.7 Å². The van der Waals surface area contributed by atoms with Crippen molar-refractivity contribution in [3.8, 4) is 0 Å². The van der Waals surface area contributed by atoms with Crippen molar-refractivity contribution in [2.45, 2.75) is 49.6 Å². The summed E-state index contributed by atoms with van der Waals surface area (Å²) < 4.78 is 27.9. The summed E-state index contributed by atoms with van der Waals surface area (Å²) in [4.78, 5) is 21.5. The highest BCUT2D eigenvalue weighted by molar-refractivity contribution is 7.89. The standard InChI is InChI=1S/C24H32N4O3S/c1-26(22-7-3-2-4-8-22)32(30,31)23-9-5-6-21(18-23)24(29)28-16-14-27(15-17-28)19-20-10-12-25-13-11-20/h5-6,9-13,18,22H,2-4,7-8,14-17,19H2,1H3. The summed E-state index contributed by atoms with van der Waals surface area (Å²) in [5.74, 6) is -0.106. The minimum atomic E-state index is -3.62. The van der Waals surface area contributed by atoms with Crippen LogP contribution in [-0.2, 0) is 16.6 Å². The molecule has 1 saturated carbocycles. The molecule has 1 aliphatic heterocycles. The largest absolute Gasteiger partial charge is 0.336 e. The van der Waals surface area contributed by atoms with Crippen LogP contribution in [0, 0.1) is 0 Å². The van der Waals surface area contributed by atoms with E-state index in [1.54, 1.807) is 43.7 Å². The maximum Gasteiger partial charge on any atom is 0.253 e. The highest BCUT2D eigenvalue weighted by Crippen LogP contribution is 2.27. The molecular formula is C24H32N4O3S. The van der Waals surface area contributed by atoms with Gasteiger partial charge in [0.15, 0.2) is 0 Å². The topological polar surface area (TPSA) is 73.8 Å². The molecule has 2 aliphatic rings. The van der Waals surface area contributed by atoms with E-state index >= 15 is 0 Å². The van der Waals surface area contributed by atoms with Crippen LogP contribution in [0.2, 0.25) is 0 Å². The molecule has 2 fully saturated rings. The summed E-state index contributed by atoms with van der Waals surface area (Å²) in [5, 5.41) is 0. The Morgan fingerprint density at radius 2 is 1.72 bits per heavy atom. The summed E-state index contributed by atoms with van der Waals surface area (Å²) in [7, 11) is -1.95. The molecule has 2 heterocycles. The number of rotatable bonds is 6. The first-order chi connectivity index (χ1) is 15.4. The van der Waals surface area contributed by atoms with Crippen LogP contribution in [0.25, 0.3) is 0 Å². The van der Waals surface area contributed by atoms with E-state index in [0.29, 0.717) is 18.7 Å². The van der Waals surface area contributed by atoms with Crippen molar-refractivity contribution in [2.75, 3.05) is 33.2 Å². The molecule has 172 valence electrons. The minimum Gasteiger partial charge on any atom is -0.336 e. The van der Waals surface area contributed by atoms with E-state index in [1.807, 2.05) is 17.0 Å². The molecule has 0 bridgehead atoms. The Bertz CT molecular complexity index is 1010. The number of piperazine rings is 1. The molecule has 4 rings (SSSR count). The van der Waals surface area contributed by atoms with E-state index in [9.17, 15) is 13.2 Å². The molecule has 8 heteroatoms. The van der Waals surface area contributed by atoms with Gasteiger partial charge in [-0.15, -0.1) is 0 Å². The molecule has 0 spiro atoms. The Hall–Kier alpha value is -2.29. The van der Waals surface area contributed by atoms with Gasteiger partial charge in [0.1, 0.15) is 0 Å². The van der Waals surface area contributed by atoms with Crippen LogP contribution >= 0.6 is 0 Å². The Morgan fingerprint density at radius 3 is 2.41 bits per heavy atom. The van der Waals surface area contributed by atoms with Gasteiger partial charge < -0.3 is 4.90 Å². The van der Waals surface area contributed by atoms with Gasteiger partial charge in [0.05, 0.1) is 4.90 Å². The van der Waals surface area contributed by atoms with Crippen molar-refractivity contribution in [3.05, 3.63) is 59.9 Å². The molecule has 32 heavy (non-hydrogen) atoms. The van der Waals surface area contributed by atoms with Gasteiger partial charge in [-0.05, 0) is 48.7 Å². The zero-order valence-electron chi connectivity index (χ0n) is 18.7. The van der Waals surface area contributed by atoms with E-state index in [4.69, 9.17) is 0 Å². The molecule has 0 unspecified atom stereocenters. The average molecular weight is 457 g/mol. The summed E-state index contributed by atoms with van der Waals surface area (Å²) in [5.41, 5.74) is 1.64. The van der Waals surface area contributed by atoms with Gasteiger partial charge in [-0.25, -0.2) is 8.42 Å². The molecule has 1 aromatic carbocycles. The number of aromatic nitrogens is 1. The van der Waals surface area contributed by atoms with Gasteiger partial charge in [0.25, 0.3) is 5.91 Å². The zero-order valence-corrected chi connectivity index (χ0v) is 19.5. The van der Waals surface area contributed by atoms with E-state index in [-0.39, 0.29) is 16.8 Å². The first-order valence-corrected chi connectivity index (χ1v) is 12.9. The van der Waals surface area contributed by atoms with Gasteiger partial charge >= 0.3 is 0 Å².